The molecule has 0 aromatic heterocycles. The molecule has 7 nitrogen and oxygen atoms in total. The van der Waals surface area contributed by atoms with E-state index >= 15 is 0 Å². The maximum atomic E-state index is 13.1. The summed E-state index contributed by atoms with van der Waals surface area (Å²) in [5, 5.41) is 3.52. The van der Waals surface area contributed by atoms with E-state index < -0.39 is 5.92 Å². The van der Waals surface area contributed by atoms with Gasteiger partial charge in [0.05, 0.1) is 17.9 Å². The molecule has 0 saturated carbocycles. The van der Waals surface area contributed by atoms with Gasteiger partial charge in [-0.15, -0.1) is 0 Å². The number of nitrogens with one attached hydrogen (secondary N) is 1. The number of halogens is 1. The SMILES string of the molecule is CC1CN(CC(=O)N(C)c2ccc(N=C(c3ccccc3)C3C(=O)Nc4cc(Cl)ccc43)cc2)CC(C)N1C. The van der Waals surface area contributed by atoms with Gasteiger partial charge in [-0.2, -0.15) is 0 Å². The van der Waals surface area contributed by atoms with Crippen LogP contribution < -0.4 is 10.2 Å². The number of amides is 2. The van der Waals surface area contributed by atoms with E-state index in [1.807, 2.05) is 67.7 Å². The molecule has 1 N–H and O–H groups in total. The van der Waals surface area contributed by atoms with Gasteiger partial charge in [0.15, 0.2) is 0 Å². The fourth-order valence-corrected chi connectivity index (χ4v) is 5.56. The van der Waals surface area contributed by atoms with Crippen molar-refractivity contribution in [1.82, 2.24) is 9.80 Å². The Kier molecular flexibility index (Phi) is 7.84. The van der Waals surface area contributed by atoms with Crippen LogP contribution in [0.25, 0.3) is 0 Å². The molecule has 3 atom stereocenters. The van der Waals surface area contributed by atoms with Gasteiger partial charge in [-0.25, -0.2) is 0 Å². The number of hydrogen-bond donors (Lipinski definition) is 1. The minimum absolute atomic E-state index is 0.0538. The zero-order valence-corrected chi connectivity index (χ0v) is 23.5. The monoisotopic (exact) mass is 543 g/mol. The predicted molar refractivity (Wildman–Crippen MR) is 158 cm³/mol. The van der Waals surface area contributed by atoms with E-state index in [4.69, 9.17) is 16.6 Å². The van der Waals surface area contributed by atoms with Gasteiger partial charge in [0.2, 0.25) is 11.8 Å². The van der Waals surface area contributed by atoms with Crippen LogP contribution in [-0.2, 0) is 9.59 Å². The molecule has 0 radical (unpaired) electrons. The third-order valence-electron chi connectivity index (χ3n) is 7.84. The van der Waals surface area contributed by atoms with Crippen LogP contribution >= 0.6 is 11.6 Å². The lowest BCUT2D eigenvalue weighted by molar-refractivity contribution is -0.120. The lowest BCUT2D eigenvalue weighted by atomic mass is 9.90. The van der Waals surface area contributed by atoms with Gasteiger partial charge in [-0.1, -0.05) is 48.0 Å². The number of fused-ring (bicyclic) bond motifs is 1. The van der Waals surface area contributed by atoms with Crippen LogP contribution in [0.2, 0.25) is 5.02 Å². The maximum absolute atomic E-state index is 13.1. The number of aliphatic imine (C=N–C) groups is 1. The number of piperazine rings is 1. The quantitative estimate of drug-likeness (QED) is 0.435. The molecule has 0 aliphatic carbocycles. The summed E-state index contributed by atoms with van der Waals surface area (Å²) in [5.41, 5.74) is 4.59. The van der Waals surface area contributed by atoms with Gasteiger partial charge in [-0.3, -0.25) is 24.4 Å². The van der Waals surface area contributed by atoms with Crippen molar-refractivity contribution in [2.24, 2.45) is 4.99 Å². The number of benzene rings is 3. The number of likely N-dealkylation sites (N-methyl/N-ethyl adjacent to an activating group) is 2. The second-order valence-corrected chi connectivity index (χ2v) is 11.0. The molecule has 3 unspecified atom stereocenters. The van der Waals surface area contributed by atoms with Crippen LogP contribution in [0.1, 0.15) is 30.9 Å². The third kappa shape index (κ3) is 5.76. The molecule has 3 aromatic carbocycles. The minimum Gasteiger partial charge on any atom is -0.325 e. The normalized spacial score (nSPS) is 21.9. The first-order valence-electron chi connectivity index (χ1n) is 13.3. The molecule has 8 heteroatoms. The summed E-state index contributed by atoms with van der Waals surface area (Å²) in [6.45, 7) is 6.53. The van der Waals surface area contributed by atoms with Gasteiger partial charge in [0, 0.05) is 48.6 Å². The molecule has 39 heavy (non-hydrogen) atoms. The minimum atomic E-state index is -0.558. The van der Waals surface area contributed by atoms with Crippen molar-refractivity contribution in [3.05, 3.63) is 88.9 Å². The summed E-state index contributed by atoms with van der Waals surface area (Å²) in [6, 6.07) is 23.6. The Bertz CT molecular complexity index is 1380. The highest BCUT2D eigenvalue weighted by Gasteiger charge is 2.35. The van der Waals surface area contributed by atoms with Crippen molar-refractivity contribution in [2.75, 3.05) is 43.9 Å². The van der Waals surface area contributed by atoms with Gasteiger partial charge >= 0.3 is 0 Å². The van der Waals surface area contributed by atoms with Crippen molar-refractivity contribution in [3.8, 4) is 0 Å². The van der Waals surface area contributed by atoms with Crippen molar-refractivity contribution in [2.45, 2.75) is 31.8 Å². The summed E-state index contributed by atoms with van der Waals surface area (Å²) in [7, 11) is 3.95. The number of hydrogen-bond acceptors (Lipinski definition) is 5. The molecule has 1 fully saturated rings. The van der Waals surface area contributed by atoms with E-state index in [0.717, 1.165) is 29.9 Å². The molecule has 2 heterocycles. The molecule has 0 bridgehead atoms. The fourth-order valence-electron chi connectivity index (χ4n) is 5.38. The first kappa shape index (κ1) is 27.1. The second kappa shape index (κ2) is 11.3. The van der Waals surface area contributed by atoms with Gasteiger partial charge in [-0.05, 0) is 68.4 Å². The zero-order chi connectivity index (χ0) is 27.7. The summed E-state index contributed by atoms with van der Waals surface area (Å²) < 4.78 is 0. The Morgan fingerprint density at radius 1 is 1.03 bits per heavy atom. The highest BCUT2D eigenvalue weighted by molar-refractivity contribution is 6.31. The smallest absolute Gasteiger partial charge is 0.240 e. The summed E-state index contributed by atoms with van der Waals surface area (Å²) in [4.78, 5) is 37.4. The lowest BCUT2D eigenvalue weighted by Crippen LogP contribution is -2.56. The molecular weight excluding hydrogens is 510 g/mol. The summed E-state index contributed by atoms with van der Waals surface area (Å²) in [6.07, 6.45) is 0. The first-order valence-corrected chi connectivity index (χ1v) is 13.6. The molecule has 0 spiro atoms. The van der Waals surface area contributed by atoms with Crippen LogP contribution in [0, 0.1) is 0 Å². The highest BCUT2D eigenvalue weighted by Crippen LogP contribution is 2.37. The average molecular weight is 544 g/mol. The zero-order valence-electron chi connectivity index (χ0n) is 22.8. The Labute approximate surface area is 235 Å². The molecule has 5 rings (SSSR count). The van der Waals surface area contributed by atoms with Gasteiger partial charge in [0.1, 0.15) is 5.92 Å². The van der Waals surface area contributed by atoms with E-state index in [9.17, 15) is 9.59 Å². The largest absolute Gasteiger partial charge is 0.325 e. The van der Waals surface area contributed by atoms with E-state index in [0.29, 0.717) is 40.7 Å². The maximum Gasteiger partial charge on any atom is 0.240 e. The molecule has 2 aliphatic heterocycles. The number of carbonyl (C=O) groups is 2. The van der Waals surface area contributed by atoms with E-state index in [1.165, 1.54) is 0 Å². The number of carbonyl (C=O) groups excluding carboxylic acids is 2. The number of nitrogens with zero attached hydrogens (tertiary/aromatic N) is 4. The van der Waals surface area contributed by atoms with Crippen molar-refractivity contribution in [3.63, 3.8) is 0 Å². The standard InChI is InChI=1S/C31H34ClN5O2/c1-20-17-37(18-21(2)35(20)3)19-28(38)36(4)25-13-11-24(12-14-25)33-30(22-8-6-5-7-9-22)29-26-15-10-23(32)16-27(26)34-31(29)39/h5-16,20-21,29H,17-19H2,1-4H3,(H,34,39). The Morgan fingerprint density at radius 2 is 1.69 bits per heavy atom. The molecule has 3 aromatic rings. The van der Waals surface area contributed by atoms with Crippen LogP contribution in [0.3, 0.4) is 0 Å². The highest BCUT2D eigenvalue weighted by atomic mass is 35.5. The van der Waals surface area contributed by atoms with Crippen molar-refractivity contribution in [1.29, 1.82) is 0 Å². The summed E-state index contributed by atoms with van der Waals surface area (Å²) >= 11 is 6.17. The van der Waals surface area contributed by atoms with Crippen LogP contribution in [-0.4, -0.2) is 73.1 Å². The number of anilines is 2. The van der Waals surface area contributed by atoms with Crippen molar-refractivity contribution < 1.29 is 9.59 Å². The predicted octanol–water partition coefficient (Wildman–Crippen LogP) is 5.18. The fraction of sp³-hybridized carbons (Fsp3) is 0.323. The van der Waals surface area contributed by atoms with Gasteiger partial charge in [0.25, 0.3) is 0 Å². The lowest BCUT2D eigenvalue weighted by Gasteiger charge is -2.42. The van der Waals surface area contributed by atoms with E-state index in [-0.39, 0.29) is 11.8 Å². The Morgan fingerprint density at radius 3 is 2.36 bits per heavy atom. The second-order valence-electron chi connectivity index (χ2n) is 10.5. The number of rotatable bonds is 6. The Balaban J connectivity index is 1.38. The topological polar surface area (TPSA) is 68.2 Å². The Hall–Kier alpha value is -3.52. The molecular formula is C31H34ClN5O2. The molecule has 2 aliphatic rings. The van der Waals surface area contributed by atoms with E-state index in [2.05, 4.69) is 36.0 Å². The van der Waals surface area contributed by atoms with Crippen LogP contribution in [0.5, 0.6) is 0 Å². The third-order valence-corrected chi connectivity index (χ3v) is 8.08. The molecule has 2 amide bonds. The first-order chi connectivity index (χ1) is 18.7. The summed E-state index contributed by atoms with van der Waals surface area (Å²) in [5.74, 6) is -0.639. The van der Waals surface area contributed by atoms with Crippen molar-refractivity contribution >= 4 is 46.2 Å². The average Bonchev–Trinajstić information content (AvgIpc) is 3.25. The van der Waals surface area contributed by atoms with Gasteiger partial charge < -0.3 is 10.2 Å². The van der Waals surface area contributed by atoms with Crippen LogP contribution in [0.15, 0.2) is 77.8 Å². The molecule has 1 saturated heterocycles. The molecule has 202 valence electrons. The van der Waals surface area contributed by atoms with E-state index in [1.54, 1.807) is 17.0 Å². The van der Waals surface area contributed by atoms with Crippen LogP contribution in [0.4, 0.5) is 17.1 Å².